The number of pyridine rings is 1. The molecular weight excluding hydrogens is 331 g/mol. The Bertz CT molecular complexity index is 698. The first kappa shape index (κ1) is 17.9. The number of nitrogens with zero attached hydrogens (tertiary/aromatic N) is 1. The zero-order valence-corrected chi connectivity index (χ0v) is 11.9. The lowest BCUT2D eigenvalue weighted by Crippen LogP contribution is -2.28. The first-order valence-corrected chi connectivity index (χ1v) is 7.07. The lowest BCUT2D eigenvalue weighted by molar-refractivity contribution is -0.117. The van der Waals surface area contributed by atoms with Gasteiger partial charge in [0, 0.05) is 18.9 Å². The molecule has 0 atom stereocenters. The van der Waals surface area contributed by atoms with Gasteiger partial charge in [0.1, 0.15) is 17.2 Å². The molecule has 1 aromatic rings. The number of hydrogen-bond acceptors (Lipinski definition) is 7. The van der Waals surface area contributed by atoms with Crippen LogP contribution < -0.4 is 4.18 Å². The second-order valence-corrected chi connectivity index (χ2v) is 5.68. The zero-order valence-electron chi connectivity index (χ0n) is 11.0. The van der Waals surface area contributed by atoms with Gasteiger partial charge in [-0.1, -0.05) is 0 Å². The van der Waals surface area contributed by atoms with Crippen LogP contribution in [0, 0.1) is 0 Å². The fraction of sp³-hybridized carbons (Fsp3) is 0.364. The minimum atomic E-state index is -5.90. The number of hydrogen-bond donors (Lipinski definition) is 1. The molecule has 0 aromatic carbocycles. The van der Waals surface area contributed by atoms with Gasteiger partial charge < -0.3 is 14.1 Å². The highest BCUT2D eigenvalue weighted by molar-refractivity contribution is 7.88. The van der Waals surface area contributed by atoms with E-state index in [0.29, 0.717) is 12.3 Å². The molecule has 0 amide bonds. The summed E-state index contributed by atoms with van der Waals surface area (Å²) >= 11 is 0. The molecule has 0 aliphatic heterocycles. The summed E-state index contributed by atoms with van der Waals surface area (Å²) in [5, 5.41) is 9.50. The van der Waals surface area contributed by atoms with Gasteiger partial charge in [0.2, 0.25) is 0 Å². The molecule has 0 spiro atoms. The van der Waals surface area contributed by atoms with E-state index in [4.69, 9.17) is 0 Å². The molecule has 0 saturated heterocycles. The lowest BCUT2D eigenvalue weighted by Gasteiger charge is -2.10. The third-order valence-corrected chi connectivity index (χ3v) is 3.28. The van der Waals surface area contributed by atoms with Crippen molar-refractivity contribution in [2.45, 2.75) is 25.3 Å². The van der Waals surface area contributed by atoms with Crippen LogP contribution in [0.1, 0.15) is 30.3 Å². The fourth-order valence-corrected chi connectivity index (χ4v) is 1.72. The molecule has 1 rings (SSSR count). The van der Waals surface area contributed by atoms with Crippen LogP contribution in [0.25, 0.3) is 0 Å². The van der Waals surface area contributed by atoms with E-state index in [-0.39, 0.29) is 18.6 Å². The van der Waals surface area contributed by atoms with Gasteiger partial charge in [-0.2, -0.15) is 21.6 Å². The van der Waals surface area contributed by atoms with E-state index in [0.717, 1.165) is 0 Å². The van der Waals surface area contributed by atoms with Crippen LogP contribution in [0.4, 0.5) is 13.2 Å². The van der Waals surface area contributed by atoms with Crippen molar-refractivity contribution in [2.24, 2.45) is 0 Å². The van der Waals surface area contributed by atoms with Gasteiger partial charge in [0.15, 0.2) is 11.5 Å². The Morgan fingerprint density at radius 2 is 1.91 bits per heavy atom. The number of ketones is 2. The Morgan fingerprint density at radius 3 is 2.36 bits per heavy atom. The number of Topliss-reactive ketones (excluding diaryl/α,β-unsaturated/α-hetero) is 2. The summed E-state index contributed by atoms with van der Waals surface area (Å²) in [6.45, 7) is 1.25. The Hall–Kier alpha value is -2.17. The molecule has 1 aromatic heterocycles. The van der Waals surface area contributed by atoms with Gasteiger partial charge in [-0.3, -0.25) is 4.79 Å². The minimum Gasteiger partial charge on any atom is -0.505 e. The fourth-order valence-electron chi connectivity index (χ4n) is 1.28. The molecule has 0 aliphatic carbocycles. The summed E-state index contributed by atoms with van der Waals surface area (Å²) < 4.78 is 61.6. The van der Waals surface area contributed by atoms with E-state index in [9.17, 15) is 36.3 Å². The number of alkyl halides is 3. The maximum absolute atomic E-state index is 12.1. The minimum absolute atomic E-state index is 0.0966. The zero-order chi connectivity index (χ0) is 17.1. The smallest absolute Gasteiger partial charge is 0.505 e. The van der Waals surface area contributed by atoms with Crippen LogP contribution in [0.5, 0.6) is 11.5 Å². The Labute approximate surface area is 122 Å². The first-order valence-electron chi connectivity index (χ1n) is 5.66. The number of aromatic nitrogens is 1. The Morgan fingerprint density at radius 1 is 1.32 bits per heavy atom. The number of carbonyl (C=O) groups is 2. The number of carbonyl (C=O) groups excluding carboxylic acids is 2. The maximum Gasteiger partial charge on any atom is 0.534 e. The van der Waals surface area contributed by atoms with Crippen molar-refractivity contribution in [3.63, 3.8) is 0 Å². The van der Waals surface area contributed by atoms with Crippen molar-refractivity contribution >= 4 is 21.7 Å². The Balaban J connectivity index is 2.95. The summed E-state index contributed by atoms with van der Waals surface area (Å²) in [7, 11) is -5.90. The molecule has 11 heteroatoms. The second kappa shape index (κ2) is 6.30. The van der Waals surface area contributed by atoms with Crippen molar-refractivity contribution in [1.29, 1.82) is 0 Å². The van der Waals surface area contributed by atoms with Gasteiger partial charge in [0.25, 0.3) is 0 Å². The number of halogens is 3. The van der Waals surface area contributed by atoms with E-state index < -0.39 is 38.6 Å². The van der Waals surface area contributed by atoms with Crippen molar-refractivity contribution in [3.8, 4) is 11.5 Å². The van der Waals surface area contributed by atoms with Gasteiger partial charge in [-0.25, -0.2) is 4.98 Å². The van der Waals surface area contributed by atoms with Crippen molar-refractivity contribution in [3.05, 3.63) is 18.0 Å². The Kier molecular flexibility index (Phi) is 5.12. The molecule has 0 unspecified atom stereocenters. The van der Waals surface area contributed by atoms with E-state index in [1.165, 1.54) is 6.92 Å². The highest BCUT2D eigenvalue weighted by Gasteiger charge is 2.48. The summed E-state index contributed by atoms with van der Waals surface area (Å²) in [6, 6.07) is 0.511. The molecule has 7 nitrogen and oxygen atoms in total. The predicted octanol–water partition coefficient (Wildman–Crippen LogP) is 1.57. The van der Waals surface area contributed by atoms with Crippen molar-refractivity contribution in [2.75, 3.05) is 0 Å². The predicted molar refractivity (Wildman–Crippen MR) is 65.8 cm³/mol. The highest BCUT2D eigenvalue weighted by Crippen LogP contribution is 2.29. The van der Waals surface area contributed by atoms with Crippen LogP contribution >= 0.6 is 0 Å². The monoisotopic (exact) mass is 341 g/mol. The average molecular weight is 341 g/mol. The van der Waals surface area contributed by atoms with Gasteiger partial charge in [-0.15, -0.1) is 0 Å². The van der Waals surface area contributed by atoms with E-state index in [1.807, 2.05) is 0 Å². The molecule has 0 aliphatic rings. The average Bonchev–Trinajstić information content (AvgIpc) is 2.34. The van der Waals surface area contributed by atoms with Crippen LogP contribution in [0.2, 0.25) is 0 Å². The summed E-state index contributed by atoms with van der Waals surface area (Å²) in [5.41, 5.74) is -6.14. The van der Waals surface area contributed by atoms with E-state index in [1.54, 1.807) is 0 Å². The third-order valence-electron chi connectivity index (χ3n) is 2.30. The molecule has 0 fully saturated rings. The van der Waals surface area contributed by atoms with Gasteiger partial charge in [0.05, 0.1) is 6.20 Å². The van der Waals surface area contributed by atoms with Crippen LogP contribution in [-0.4, -0.2) is 35.6 Å². The van der Waals surface area contributed by atoms with E-state index in [2.05, 4.69) is 9.17 Å². The maximum atomic E-state index is 12.1. The first-order chi connectivity index (χ1) is 9.94. The van der Waals surface area contributed by atoms with Crippen LogP contribution in [0.15, 0.2) is 12.3 Å². The summed E-state index contributed by atoms with van der Waals surface area (Å²) in [6.07, 6.45) is 0.196. The van der Waals surface area contributed by atoms with E-state index >= 15 is 0 Å². The molecule has 122 valence electrons. The molecule has 22 heavy (non-hydrogen) atoms. The lowest BCUT2D eigenvalue weighted by atomic mass is 10.1. The molecular formula is C11H10F3NO6S. The van der Waals surface area contributed by atoms with Crippen LogP contribution in [0.3, 0.4) is 0 Å². The largest absolute Gasteiger partial charge is 0.534 e. The second-order valence-electron chi connectivity index (χ2n) is 4.15. The molecule has 0 saturated carbocycles. The third kappa shape index (κ3) is 4.41. The molecule has 0 radical (unpaired) electrons. The standard InChI is InChI=1S/C11H10F3NO6S/c1-6(16)2-3-8(17)10-9(18)4-7(5-15-10)21-22(19,20)11(12,13)14/h4-5,18H,2-3H2,1H3. The quantitative estimate of drug-likeness (QED) is 0.475. The number of aromatic hydroxyl groups is 1. The van der Waals surface area contributed by atoms with Crippen LogP contribution in [-0.2, 0) is 14.9 Å². The van der Waals surface area contributed by atoms with Crippen molar-refractivity contribution < 1.29 is 40.5 Å². The molecule has 0 bridgehead atoms. The number of rotatable bonds is 6. The summed E-state index contributed by atoms with van der Waals surface area (Å²) in [5.74, 6) is -2.76. The SMILES string of the molecule is CC(=O)CCC(=O)c1ncc(OS(=O)(=O)C(F)(F)F)cc1O. The topological polar surface area (TPSA) is 111 Å². The molecule has 1 N–H and O–H groups in total. The summed E-state index contributed by atoms with van der Waals surface area (Å²) in [4.78, 5) is 25.7. The van der Waals surface area contributed by atoms with Crippen molar-refractivity contribution in [1.82, 2.24) is 4.98 Å². The van der Waals surface area contributed by atoms with Gasteiger partial charge in [-0.05, 0) is 6.92 Å². The normalized spacial score (nSPS) is 12.0. The molecule has 1 heterocycles. The highest BCUT2D eigenvalue weighted by atomic mass is 32.2. The van der Waals surface area contributed by atoms with Gasteiger partial charge >= 0.3 is 15.6 Å².